The van der Waals surface area contributed by atoms with Gasteiger partial charge in [0.15, 0.2) is 0 Å². The van der Waals surface area contributed by atoms with Crippen molar-refractivity contribution in [1.29, 1.82) is 0 Å². The van der Waals surface area contributed by atoms with Gasteiger partial charge >= 0.3 is 0 Å². The van der Waals surface area contributed by atoms with E-state index < -0.39 is 0 Å². The van der Waals surface area contributed by atoms with Gasteiger partial charge in [-0.05, 0) is 25.8 Å². The first-order valence-corrected chi connectivity index (χ1v) is 6.20. The van der Waals surface area contributed by atoms with E-state index in [4.69, 9.17) is 5.73 Å². The number of rotatable bonds is 4. The Kier molecular flexibility index (Phi) is 3.52. The molecule has 0 aliphatic heterocycles. The minimum absolute atomic E-state index is 0.0766. The van der Waals surface area contributed by atoms with E-state index in [0.717, 1.165) is 24.4 Å². The maximum absolute atomic E-state index is 6.22. The highest BCUT2D eigenvalue weighted by Crippen LogP contribution is 2.14. The minimum Gasteiger partial charge on any atom is -0.338 e. The summed E-state index contributed by atoms with van der Waals surface area (Å²) in [5.74, 6) is 1.03. The van der Waals surface area contributed by atoms with Crippen LogP contribution in [0.15, 0.2) is 12.4 Å². The first-order chi connectivity index (χ1) is 8.49. The first-order valence-electron chi connectivity index (χ1n) is 6.20. The van der Waals surface area contributed by atoms with E-state index in [1.165, 1.54) is 11.3 Å². The molecule has 0 radical (unpaired) electrons. The van der Waals surface area contributed by atoms with Crippen molar-refractivity contribution in [2.75, 3.05) is 0 Å². The van der Waals surface area contributed by atoms with Gasteiger partial charge < -0.3 is 10.3 Å². The van der Waals surface area contributed by atoms with Crippen LogP contribution in [0.2, 0.25) is 0 Å². The summed E-state index contributed by atoms with van der Waals surface area (Å²) in [5, 5.41) is 4.42. The lowest BCUT2D eigenvalue weighted by Crippen LogP contribution is -2.27. The van der Waals surface area contributed by atoms with Gasteiger partial charge in [0.05, 0.1) is 5.69 Å². The largest absolute Gasteiger partial charge is 0.338 e. The topological polar surface area (TPSA) is 61.7 Å². The van der Waals surface area contributed by atoms with E-state index in [1.807, 2.05) is 42.7 Å². The van der Waals surface area contributed by atoms with Crippen LogP contribution in [-0.2, 0) is 26.9 Å². The number of aromatic nitrogens is 4. The van der Waals surface area contributed by atoms with Crippen LogP contribution in [0.4, 0.5) is 0 Å². The molecule has 0 aromatic carbocycles. The Morgan fingerprint density at radius 2 is 2.00 bits per heavy atom. The highest BCUT2D eigenvalue weighted by Gasteiger charge is 2.14. The van der Waals surface area contributed by atoms with Crippen molar-refractivity contribution in [2.45, 2.75) is 32.7 Å². The standard InChI is InChI=1S/C13H21N5/c1-9-12(10(2)18(4)16-9)7-11(14)8-13-15-5-6-17(13)3/h5-6,11H,7-8,14H2,1-4H3. The Labute approximate surface area is 108 Å². The summed E-state index contributed by atoms with van der Waals surface area (Å²) in [6, 6.07) is 0.0766. The van der Waals surface area contributed by atoms with Gasteiger partial charge in [-0.2, -0.15) is 5.10 Å². The van der Waals surface area contributed by atoms with Gasteiger partial charge in [-0.3, -0.25) is 4.68 Å². The Hall–Kier alpha value is -1.62. The molecule has 2 aromatic rings. The second-order valence-electron chi connectivity index (χ2n) is 4.90. The molecular weight excluding hydrogens is 226 g/mol. The number of hydrogen-bond acceptors (Lipinski definition) is 3. The van der Waals surface area contributed by atoms with Crippen molar-refractivity contribution in [2.24, 2.45) is 19.8 Å². The predicted octanol–water partition coefficient (Wildman–Crippen LogP) is 0.883. The third-order valence-corrected chi connectivity index (χ3v) is 3.49. The van der Waals surface area contributed by atoms with E-state index in [-0.39, 0.29) is 6.04 Å². The smallest absolute Gasteiger partial charge is 0.109 e. The number of nitrogens with zero attached hydrogens (tertiary/aromatic N) is 4. The number of hydrogen-bond donors (Lipinski definition) is 1. The maximum Gasteiger partial charge on any atom is 0.109 e. The fourth-order valence-corrected chi connectivity index (χ4v) is 2.27. The fourth-order valence-electron chi connectivity index (χ4n) is 2.27. The molecule has 0 aliphatic rings. The van der Waals surface area contributed by atoms with Crippen LogP contribution in [0.3, 0.4) is 0 Å². The summed E-state index contributed by atoms with van der Waals surface area (Å²) in [4.78, 5) is 4.31. The third kappa shape index (κ3) is 2.46. The second kappa shape index (κ2) is 4.94. The summed E-state index contributed by atoms with van der Waals surface area (Å²) in [5.41, 5.74) is 9.76. The zero-order valence-electron chi connectivity index (χ0n) is 11.5. The average Bonchev–Trinajstić information content (AvgIpc) is 2.79. The van der Waals surface area contributed by atoms with Gasteiger partial charge in [-0.15, -0.1) is 0 Å². The molecule has 1 unspecified atom stereocenters. The third-order valence-electron chi connectivity index (χ3n) is 3.49. The van der Waals surface area contributed by atoms with Crippen molar-refractivity contribution in [3.8, 4) is 0 Å². The summed E-state index contributed by atoms with van der Waals surface area (Å²) < 4.78 is 3.93. The molecule has 0 saturated heterocycles. The molecule has 5 heteroatoms. The van der Waals surface area contributed by atoms with E-state index in [9.17, 15) is 0 Å². The summed E-state index contributed by atoms with van der Waals surface area (Å²) >= 11 is 0. The first kappa shape index (κ1) is 12.8. The maximum atomic E-state index is 6.22. The number of aryl methyl sites for hydroxylation is 3. The minimum atomic E-state index is 0.0766. The summed E-state index contributed by atoms with van der Waals surface area (Å²) in [7, 11) is 3.96. The van der Waals surface area contributed by atoms with Crippen LogP contribution >= 0.6 is 0 Å². The Morgan fingerprint density at radius 3 is 2.50 bits per heavy atom. The molecule has 2 aromatic heterocycles. The molecule has 1 atom stereocenters. The normalized spacial score (nSPS) is 12.9. The van der Waals surface area contributed by atoms with E-state index in [2.05, 4.69) is 17.0 Å². The SMILES string of the molecule is Cc1nn(C)c(C)c1CC(N)Cc1nccn1C. The van der Waals surface area contributed by atoms with Crippen LogP contribution < -0.4 is 5.73 Å². The lowest BCUT2D eigenvalue weighted by Gasteiger charge is -2.12. The van der Waals surface area contributed by atoms with Crippen LogP contribution in [-0.4, -0.2) is 25.4 Å². The molecule has 0 bridgehead atoms. The van der Waals surface area contributed by atoms with Gasteiger partial charge in [0.2, 0.25) is 0 Å². The van der Waals surface area contributed by atoms with Gasteiger partial charge in [-0.25, -0.2) is 4.98 Å². The van der Waals surface area contributed by atoms with Crippen molar-refractivity contribution in [1.82, 2.24) is 19.3 Å². The molecule has 0 amide bonds. The molecule has 0 aliphatic carbocycles. The van der Waals surface area contributed by atoms with Crippen molar-refractivity contribution in [3.63, 3.8) is 0 Å². The van der Waals surface area contributed by atoms with Crippen molar-refractivity contribution in [3.05, 3.63) is 35.2 Å². The average molecular weight is 247 g/mol. The Balaban J connectivity index is 2.07. The van der Waals surface area contributed by atoms with Crippen molar-refractivity contribution < 1.29 is 0 Å². The fraction of sp³-hybridized carbons (Fsp3) is 0.538. The summed E-state index contributed by atoms with van der Waals surface area (Å²) in [6.45, 7) is 4.12. The number of nitrogens with two attached hydrogens (primary N) is 1. The quantitative estimate of drug-likeness (QED) is 0.872. The van der Waals surface area contributed by atoms with Gasteiger partial charge in [0.25, 0.3) is 0 Å². The molecule has 2 heterocycles. The van der Waals surface area contributed by atoms with Crippen LogP contribution in [0.25, 0.3) is 0 Å². The highest BCUT2D eigenvalue weighted by molar-refractivity contribution is 5.25. The number of imidazole rings is 1. The Morgan fingerprint density at radius 1 is 1.28 bits per heavy atom. The van der Waals surface area contributed by atoms with Gasteiger partial charge in [0.1, 0.15) is 5.82 Å². The van der Waals surface area contributed by atoms with Gasteiger partial charge in [-0.1, -0.05) is 0 Å². The predicted molar refractivity (Wildman–Crippen MR) is 71.3 cm³/mol. The van der Waals surface area contributed by atoms with E-state index in [1.54, 1.807) is 0 Å². The molecule has 98 valence electrons. The zero-order chi connectivity index (χ0) is 13.3. The van der Waals surface area contributed by atoms with Crippen LogP contribution in [0.5, 0.6) is 0 Å². The molecule has 2 rings (SSSR count). The van der Waals surface area contributed by atoms with Gasteiger partial charge in [0, 0.05) is 44.6 Å². The second-order valence-corrected chi connectivity index (χ2v) is 4.90. The molecule has 0 fully saturated rings. The highest BCUT2D eigenvalue weighted by atomic mass is 15.3. The molecular formula is C13H21N5. The Bertz CT molecular complexity index is 538. The molecule has 0 spiro atoms. The van der Waals surface area contributed by atoms with Crippen LogP contribution in [0.1, 0.15) is 22.8 Å². The summed E-state index contributed by atoms with van der Waals surface area (Å²) in [6.07, 6.45) is 5.39. The molecule has 2 N–H and O–H groups in total. The molecule has 5 nitrogen and oxygen atoms in total. The van der Waals surface area contributed by atoms with E-state index >= 15 is 0 Å². The zero-order valence-corrected chi connectivity index (χ0v) is 11.5. The van der Waals surface area contributed by atoms with E-state index in [0.29, 0.717) is 0 Å². The van der Waals surface area contributed by atoms with Crippen molar-refractivity contribution >= 4 is 0 Å². The molecule has 18 heavy (non-hydrogen) atoms. The monoisotopic (exact) mass is 247 g/mol. The van der Waals surface area contributed by atoms with Crippen LogP contribution in [0, 0.1) is 13.8 Å². The molecule has 0 saturated carbocycles. The lowest BCUT2D eigenvalue weighted by atomic mass is 10.0. The lowest BCUT2D eigenvalue weighted by molar-refractivity contribution is 0.618.